The van der Waals surface area contributed by atoms with Gasteiger partial charge in [-0.25, -0.2) is 4.39 Å². The van der Waals surface area contributed by atoms with Crippen molar-refractivity contribution in [1.82, 2.24) is 10.2 Å². The third kappa shape index (κ3) is 5.71. The number of hydrogen-bond acceptors (Lipinski definition) is 3. The Bertz CT molecular complexity index is 965. The van der Waals surface area contributed by atoms with Crippen LogP contribution in [-0.2, 0) is 22.7 Å². The number of ether oxygens (including phenoxy) is 1. The molecule has 0 aliphatic carbocycles. The largest absolute Gasteiger partial charge is 0.484 e. The van der Waals surface area contributed by atoms with E-state index in [0.717, 1.165) is 17.2 Å². The molecular weight excluding hydrogens is 418 g/mol. The fraction of sp³-hybridized carbons (Fsp3) is 0.238. The maximum atomic E-state index is 13.4. The highest BCUT2D eigenvalue weighted by molar-refractivity contribution is 6.31. The van der Waals surface area contributed by atoms with Crippen LogP contribution in [-0.4, -0.2) is 23.3 Å². The highest BCUT2D eigenvalue weighted by Gasteiger charge is 2.23. The minimum Gasteiger partial charge on any atom is -0.484 e. The lowest BCUT2D eigenvalue weighted by molar-refractivity contribution is -0.132. The van der Waals surface area contributed by atoms with E-state index >= 15 is 0 Å². The number of benzene rings is 2. The standard InChI is InChI=1S/C21H19Cl2FN2O3/c1-13(25-20(27)12-29-17-5-6-18(23)19(24)9-17)2-7-21(28)26-10-14-3-4-16(22)8-15(14)11-26/h3-6,8-9H,1-2,7,10-12H2,(H,25,27). The van der Waals surface area contributed by atoms with Crippen LogP contribution in [0.5, 0.6) is 5.75 Å². The Balaban J connectivity index is 1.39. The van der Waals surface area contributed by atoms with Crippen LogP contribution < -0.4 is 10.1 Å². The van der Waals surface area contributed by atoms with Crippen LogP contribution >= 0.6 is 23.2 Å². The van der Waals surface area contributed by atoms with Gasteiger partial charge in [0, 0.05) is 36.3 Å². The number of nitrogens with zero attached hydrogens (tertiary/aromatic N) is 1. The van der Waals surface area contributed by atoms with E-state index in [9.17, 15) is 14.0 Å². The first-order valence-electron chi connectivity index (χ1n) is 8.92. The van der Waals surface area contributed by atoms with Gasteiger partial charge in [-0.05, 0) is 41.8 Å². The Morgan fingerprint density at radius 1 is 1.10 bits per heavy atom. The maximum Gasteiger partial charge on any atom is 0.262 e. The smallest absolute Gasteiger partial charge is 0.262 e. The summed E-state index contributed by atoms with van der Waals surface area (Å²) >= 11 is 11.6. The topological polar surface area (TPSA) is 58.6 Å². The molecule has 0 fully saturated rings. The van der Waals surface area contributed by atoms with Crippen molar-refractivity contribution in [2.75, 3.05) is 6.61 Å². The van der Waals surface area contributed by atoms with Gasteiger partial charge in [-0.1, -0.05) is 35.8 Å². The molecule has 0 unspecified atom stereocenters. The Morgan fingerprint density at radius 2 is 1.86 bits per heavy atom. The number of fused-ring (bicyclic) bond motifs is 1. The first-order chi connectivity index (χ1) is 13.8. The number of hydrogen-bond donors (Lipinski definition) is 1. The van der Waals surface area contributed by atoms with Crippen LogP contribution in [0.4, 0.5) is 4.39 Å². The molecule has 2 amide bonds. The summed E-state index contributed by atoms with van der Waals surface area (Å²) in [6.07, 6.45) is 0.540. The van der Waals surface area contributed by atoms with Crippen molar-refractivity contribution in [1.29, 1.82) is 0 Å². The molecule has 29 heavy (non-hydrogen) atoms. The summed E-state index contributed by atoms with van der Waals surface area (Å²) in [5, 5.41) is 3.21. The van der Waals surface area contributed by atoms with Crippen molar-refractivity contribution in [2.24, 2.45) is 0 Å². The van der Waals surface area contributed by atoms with Gasteiger partial charge in [0.05, 0.1) is 5.02 Å². The van der Waals surface area contributed by atoms with E-state index in [2.05, 4.69) is 11.9 Å². The summed E-state index contributed by atoms with van der Waals surface area (Å²) in [5.41, 5.74) is 2.55. The fourth-order valence-electron chi connectivity index (χ4n) is 2.97. The van der Waals surface area contributed by atoms with Crippen LogP contribution in [0.15, 0.2) is 48.7 Å². The predicted octanol–water partition coefficient (Wildman–Crippen LogP) is 4.46. The molecule has 2 aromatic rings. The fourth-order valence-corrected chi connectivity index (χ4v) is 3.28. The molecule has 1 heterocycles. The van der Waals surface area contributed by atoms with Crippen LogP contribution in [0.25, 0.3) is 0 Å². The summed E-state index contributed by atoms with van der Waals surface area (Å²) in [7, 11) is 0. The lowest BCUT2D eigenvalue weighted by Crippen LogP contribution is -2.29. The van der Waals surface area contributed by atoms with E-state index in [1.165, 1.54) is 12.1 Å². The highest BCUT2D eigenvalue weighted by atomic mass is 35.5. The number of rotatable bonds is 7. The summed E-state index contributed by atoms with van der Waals surface area (Å²) in [6, 6.07) is 9.52. The second-order valence-electron chi connectivity index (χ2n) is 6.68. The summed E-state index contributed by atoms with van der Waals surface area (Å²) < 4.78 is 18.6. The van der Waals surface area contributed by atoms with Crippen molar-refractivity contribution in [3.05, 3.63) is 75.7 Å². The van der Waals surface area contributed by atoms with Gasteiger partial charge in [-0.3, -0.25) is 9.59 Å². The van der Waals surface area contributed by atoms with Crippen LogP contribution in [0.2, 0.25) is 10.0 Å². The first kappa shape index (κ1) is 21.1. The lowest BCUT2D eigenvalue weighted by atomic mass is 10.1. The van der Waals surface area contributed by atoms with Gasteiger partial charge in [0.25, 0.3) is 5.91 Å². The van der Waals surface area contributed by atoms with E-state index in [1.54, 1.807) is 4.90 Å². The molecule has 0 saturated carbocycles. The van der Waals surface area contributed by atoms with E-state index in [-0.39, 0.29) is 29.7 Å². The molecule has 5 nitrogen and oxygen atoms in total. The molecule has 8 heteroatoms. The maximum absolute atomic E-state index is 13.4. The second kappa shape index (κ2) is 9.29. The van der Waals surface area contributed by atoms with Gasteiger partial charge in [0.15, 0.2) is 6.61 Å². The van der Waals surface area contributed by atoms with Crippen molar-refractivity contribution < 1.29 is 18.7 Å². The quantitative estimate of drug-likeness (QED) is 0.696. The third-order valence-corrected chi connectivity index (χ3v) is 5.00. The molecule has 3 rings (SSSR count). The van der Waals surface area contributed by atoms with Gasteiger partial charge in [-0.2, -0.15) is 0 Å². The Kier molecular flexibility index (Phi) is 6.77. The average molecular weight is 437 g/mol. The van der Waals surface area contributed by atoms with Crippen molar-refractivity contribution in [3.8, 4) is 5.75 Å². The van der Waals surface area contributed by atoms with Crippen molar-refractivity contribution in [2.45, 2.75) is 25.9 Å². The summed E-state index contributed by atoms with van der Waals surface area (Å²) in [4.78, 5) is 26.1. The molecular formula is C21H19Cl2FN2O3. The Hall–Kier alpha value is -2.57. The number of amides is 2. The third-order valence-electron chi connectivity index (χ3n) is 4.46. The molecule has 0 atom stereocenters. The van der Waals surface area contributed by atoms with Crippen LogP contribution in [0, 0.1) is 5.82 Å². The van der Waals surface area contributed by atoms with Crippen LogP contribution in [0.3, 0.4) is 0 Å². The van der Waals surface area contributed by atoms with Gasteiger partial charge in [0.2, 0.25) is 5.91 Å². The van der Waals surface area contributed by atoms with Gasteiger partial charge >= 0.3 is 0 Å². The zero-order valence-corrected chi connectivity index (χ0v) is 17.0. The van der Waals surface area contributed by atoms with E-state index in [4.69, 9.17) is 27.9 Å². The molecule has 1 N–H and O–H groups in total. The number of carbonyl (C=O) groups excluding carboxylic acids is 2. The molecule has 0 aromatic heterocycles. The number of carbonyl (C=O) groups is 2. The predicted molar refractivity (Wildman–Crippen MR) is 109 cm³/mol. The van der Waals surface area contributed by atoms with Gasteiger partial charge in [-0.15, -0.1) is 0 Å². The molecule has 0 spiro atoms. The Morgan fingerprint density at radius 3 is 2.62 bits per heavy atom. The normalized spacial score (nSPS) is 12.4. The molecule has 152 valence electrons. The summed E-state index contributed by atoms with van der Waals surface area (Å²) in [6.45, 7) is 4.54. The van der Waals surface area contributed by atoms with Gasteiger partial charge < -0.3 is 15.0 Å². The zero-order chi connectivity index (χ0) is 21.0. The second-order valence-corrected chi connectivity index (χ2v) is 7.52. The average Bonchev–Trinajstić information content (AvgIpc) is 3.10. The Labute approximate surface area is 178 Å². The first-order valence-corrected chi connectivity index (χ1v) is 9.68. The minimum atomic E-state index is -0.626. The number of allylic oxidation sites excluding steroid dienone is 1. The minimum absolute atomic E-state index is 0.0240. The van der Waals surface area contributed by atoms with Crippen molar-refractivity contribution >= 4 is 35.0 Å². The highest BCUT2D eigenvalue weighted by Crippen LogP contribution is 2.26. The number of nitrogens with one attached hydrogen (secondary N) is 1. The summed E-state index contributed by atoms with van der Waals surface area (Å²) in [5.74, 6) is -0.906. The SMILES string of the molecule is C=C(CCC(=O)N1Cc2ccc(Cl)cc2C1)NC(=O)COc1ccc(Cl)c(F)c1. The lowest BCUT2D eigenvalue weighted by Gasteiger charge is -2.16. The van der Waals surface area contributed by atoms with Crippen molar-refractivity contribution in [3.63, 3.8) is 0 Å². The van der Waals surface area contributed by atoms with Crippen LogP contribution in [0.1, 0.15) is 24.0 Å². The zero-order valence-electron chi connectivity index (χ0n) is 15.5. The van der Waals surface area contributed by atoms with E-state index in [0.29, 0.717) is 30.2 Å². The molecule has 0 radical (unpaired) electrons. The molecule has 1 aliphatic heterocycles. The monoisotopic (exact) mass is 436 g/mol. The van der Waals surface area contributed by atoms with E-state index in [1.807, 2.05) is 18.2 Å². The van der Waals surface area contributed by atoms with E-state index < -0.39 is 11.7 Å². The molecule has 0 bridgehead atoms. The van der Waals surface area contributed by atoms with Gasteiger partial charge in [0.1, 0.15) is 11.6 Å². The molecule has 2 aromatic carbocycles. The molecule has 1 aliphatic rings. The number of halogens is 3. The molecule has 0 saturated heterocycles.